The number of sulfonamides is 1. The minimum atomic E-state index is -4.64. The lowest BCUT2D eigenvalue weighted by atomic mass is 10.2. The van der Waals surface area contributed by atoms with Crippen LogP contribution in [-0.4, -0.2) is 18.2 Å². The largest absolute Gasteiger partial charge is 0.416 e. The second-order valence-corrected chi connectivity index (χ2v) is 7.37. The number of anilines is 1. The van der Waals surface area contributed by atoms with Crippen molar-refractivity contribution in [2.75, 3.05) is 4.72 Å². The summed E-state index contributed by atoms with van der Waals surface area (Å²) in [5.41, 5.74) is -0.411. The number of nitrogens with zero attached hydrogens (tertiary/aromatic N) is 2. The monoisotopic (exact) mass is 401 g/mol. The number of nitrogens with one attached hydrogen (secondary N) is 1. The number of hydrogen-bond donors (Lipinski definition) is 1. The summed E-state index contributed by atoms with van der Waals surface area (Å²) in [5, 5.41) is 4.59. The Labute approximate surface area is 152 Å². The van der Waals surface area contributed by atoms with Gasteiger partial charge in [-0.2, -0.15) is 13.2 Å². The molecule has 10 heteroatoms. The van der Waals surface area contributed by atoms with Crippen LogP contribution in [0.15, 0.2) is 65.7 Å². The molecular weight excluding hydrogens is 391 g/mol. The predicted octanol–water partition coefficient (Wildman–Crippen LogP) is 4.35. The van der Waals surface area contributed by atoms with E-state index in [4.69, 9.17) is 11.6 Å². The molecule has 0 aliphatic carbocycles. The molecule has 0 saturated heterocycles. The van der Waals surface area contributed by atoms with Gasteiger partial charge in [0.05, 0.1) is 16.1 Å². The van der Waals surface area contributed by atoms with Crippen molar-refractivity contribution in [1.82, 2.24) is 9.78 Å². The van der Waals surface area contributed by atoms with Crippen LogP contribution in [0, 0.1) is 0 Å². The van der Waals surface area contributed by atoms with Crippen LogP contribution in [0.1, 0.15) is 5.56 Å². The summed E-state index contributed by atoms with van der Waals surface area (Å²) < 4.78 is 66.5. The molecule has 1 aromatic heterocycles. The van der Waals surface area contributed by atoms with Gasteiger partial charge in [0.2, 0.25) is 0 Å². The molecule has 0 aliphatic heterocycles. The number of aromatic nitrogens is 2. The van der Waals surface area contributed by atoms with Gasteiger partial charge in [-0.15, -0.1) is 5.10 Å². The van der Waals surface area contributed by atoms with E-state index in [1.165, 1.54) is 16.9 Å². The molecule has 2 aromatic carbocycles. The van der Waals surface area contributed by atoms with Gasteiger partial charge in [0, 0.05) is 17.3 Å². The van der Waals surface area contributed by atoms with E-state index in [1.54, 1.807) is 24.3 Å². The smallest absolute Gasteiger partial charge is 0.262 e. The molecule has 0 atom stereocenters. The molecule has 26 heavy (non-hydrogen) atoms. The molecule has 0 saturated carbocycles. The molecule has 3 rings (SSSR count). The standard InChI is InChI=1S/C16H11ClF3N3O2S/c17-12-4-6-13(7-5-12)23-9-8-15(21-23)22-26(24,25)14-3-1-2-11(10-14)16(18,19)20/h1-10H,(H,21,22). The molecule has 0 amide bonds. The van der Waals surface area contributed by atoms with Crippen molar-refractivity contribution in [2.24, 2.45) is 0 Å². The minimum Gasteiger partial charge on any atom is -0.262 e. The summed E-state index contributed by atoms with van der Waals surface area (Å²) in [6.45, 7) is 0. The summed E-state index contributed by atoms with van der Waals surface area (Å²) in [6.07, 6.45) is -3.13. The van der Waals surface area contributed by atoms with Crippen LogP contribution in [0.2, 0.25) is 5.02 Å². The molecule has 3 aromatic rings. The van der Waals surface area contributed by atoms with E-state index in [2.05, 4.69) is 9.82 Å². The normalized spacial score (nSPS) is 12.2. The molecule has 1 N–H and O–H groups in total. The molecule has 0 aliphatic rings. The Morgan fingerprint density at radius 3 is 2.38 bits per heavy atom. The highest BCUT2D eigenvalue weighted by Gasteiger charge is 2.31. The van der Waals surface area contributed by atoms with Crippen molar-refractivity contribution in [3.63, 3.8) is 0 Å². The Hall–Kier alpha value is -2.52. The minimum absolute atomic E-state index is 0.0302. The molecule has 0 unspecified atom stereocenters. The molecule has 0 radical (unpaired) electrons. The average Bonchev–Trinajstić information content (AvgIpc) is 3.02. The van der Waals surface area contributed by atoms with Crippen molar-refractivity contribution < 1.29 is 21.6 Å². The van der Waals surface area contributed by atoms with E-state index in [0.717, 1.165) is 18.2 Å². The molecule has 1 heterocycles. The summed E-state index contributed by atoms with van der Waals surface area (Å²) in [5.74, 6) is -0.0302. The Bertz CT molecular complexity index is 1030. The Balaban J connectivity index is 1.86. The third kappa shape index (κ3) is 4.00. The van der Waals surface area contributed by atoms with Crippen molar-refractivity contribution in [3.05, 3.63) is 71.4 Å². The molecule has 136 valence electrons. The van der Waals surface area contributed by atoms with Gasteiger partial charge in [-0.25, -0.2) is 13.1 Å². The van der Waals surface area contributed by atoms with Gasteiger partial charge in [0.15, 0.2) is 5.82 Å². The van der Waals surface area contributed by atoms with Gasteiger partial charge in [0.1, 0.15) is 0 Å². The zero-order valence-corrected chi connectivity index (χ0v) is 14.5. The summed E-state index contributed by atoms with van der Waals surface area (Å²) in [6, 6.07) is 11.5. The fourth-order valence-corrected chi connectivity index (χ4v) is 3.32. The topological polar surface area (TPSA) is 64.0 Å². The highest BCUT2D eigenvalue weighted by molar-refractivity contribution is 7.92. The van der Waals surface area contributed by atoms with E-state index in [9.17, 15) is 21.6 Å². The van der Waals surface area contributed by atoms with E-state index >= 15 is 0 Å². The summed E-state index contributed by atoms with van der Waals surface area (Å²) in [4.78, 5) is -0.506. The fourth-order valence-electron chi connectivity index (χ4n) is 2.15. The van der Waals surface area contributed by atoms with E-state index in [1.807, 2.05) is 0 Å². The first-order valence-electron chi connectivity index (χ1n) is 7.17. The summed E-state index contributed by atoms with van der Waals surface area (Å²) >= 11 is 5.80. The number of rotatable bonds is 4. The van der Waals surface area contributed by atoms with Gasteiger partial charge < -0.3 is 0 Å². The number of halogens is 4. The lowest BCUT2D eigenvalue weighted by molar-refractivity contribution is -0.137. The first-order valence-corrected chi connectivity index (χ1v) is 9.03. The number of alkyl halides is 3. The van der Waals surface area contributed by atoms with Gasteiger partial charge in [-0.1, -0.05) is 17.7 Å². The Morgan fingerprint density at radius 1 is 1.04 bits per heavy atom. The van der Waals surface area contributed by atoms with Crippen LogP contribution < -0.4 is 4.72 Å². The second-order valence-electron chi connectivity index (χ2n) is 5.25. The van der Waals surface area contributed by atoms with Gasteiger partial charge >= 0.3 is 6.18 Å². The van der Waals surface area contributed by atoms with Gasteiger partial charge in [-0.3, -0.25) is 4.72 Å². The average molecular weight is 402 g/mol. The quantitative estimate of drug-likeness (QED) is 0.707. The van der Waals surface area contributed by atoms with Crippen LogP contribution in [0.5, 0.6) is 0 Å². The maximum atomic E-state index is 12.8. The maximum Gasteiger partial charge on any atom is 0.416 e. The van der Waals surface area contributed by atoms with Crippen molar-refractivity contribution >= 4 is 27.4 Å². The third-order valence-electron chi connectivity index (χ3n) is 3.39. The molecule has 0 fully saturated rings. The van der Waals surface area contributed by atoms with Crippen LogP contribution in [0.4, 0.5) is 19.0 Å². The molecule has 0 spiro atoms. The lowest BCUT2D eigenvalue weighted by Crippen LogP contribution is -2.15. The summed E-state index contributed by atoms with van der Waals surface area (Å²) in [7, 11) is -4.22. The molecular formula is C16H11ClF3N3O2S. The third-order valence-corrected chi connectivity index (χ3v) is 5.00. The van der Waals surface area contributed by atoms with E-state index < -0.39 is 26.7 Å². The maximum absolute atomic E-state index is 12.8. The first kappa shape index (κ1) is 18.3. The van der Waals surface area contributed by atoms with Gasteiger partial charge in [0.25, 0.3) is 10.0 Å². The number of benzene rings is 2. The lowest BCUT2D eigenvalue weighted by Gasteiger charge is -2.09. The molecule has 5 nitrogen and oxygen atoms in total. The molecule has 0 bridgehead atoms. The highest BCUT2D eigenvalue weighted by atomic mass is 35.5. The van der Waals surface area contributed by atoms with Crippen molar-refractivity contribution in [2.45, 2.75) is 11.1 Å². The van der Waals surface area contributed by atoms with Gasteiger partial charge in [-0.05, 0) is 42.5 Å². The SMILES string of the molecule is O=S(=O)(Nc1ccn(-c2ccc(Cl)cc2)n1)c1cccc(C(F)(F)F)c1. The number of hydrogen-bond acceptors (Lipinski definition) is 3. The van der Waals surface area contributed by atoms with Crippen LogP contribution in [0.3, 0.4) is 0 Å². The first-order chi connectivity index (χ1) is 12.1. The van der Waals surface area contributed by atoms with Crippen LogP contribution in [-0.2, 0) is 16.2 Å². The Morgan fingerprint density at radius 2 is 1.73 bits per heavy atom. The highest BCUT2D eigenvalue weighted by Crippen LogP contribution is 2.30. The fraction of sp³-hybridized carbons (Fsp3) is 0.0625. The zero-order chi connectivity index (χ0) is 18.9. The zero-order valence-electron chi connectivity index (χ0n) is 12.9. The van der Waals surface area contributed by atoms with Crippen LogP contribution in [0.25, 0.3) is 5.69 Å². The van der Waals surface area contributed by atoms with Crippen molar-refractivity contribution in [3.8, 4) is 5.69 Å². The van der Waals surface area contributed by atoms with E-state index in [-0.39, 0.29) is 5.82 Å². The Kier molecular flexibility index (Phi) is 4.68. The second kappa shape index (κ2) is 6.65. The van der Waals surface area contributed by atoms with E-state index in [0.29, 0.717) is 16.8 Å². The predicted molar refractivity (Wildman–Crippen MR) is 90.8 cm³/mol. The van der Waals surface area contributed by atoms with Crippen molar-refractivity contribution in [1.29, 1.82) is 0 Å². The van der Waals surface area contributed by atoms with Crippen LogP contribution >= 0.6 is 11.6 Å².